The van der Waals surface area contributed by atoms with E-state index in [9.17, 15) is 0 Å². The van der Waals surface area contributed by atoms with Gasteiger partial charge in [-0.1, -0.05) is 40.2 Å². The molecule has 0 bridgehead atoms. The van der Waals surface area contributed by atoms with Crippen molar-refractivity contribution in [1.29, 1.82) is 0 Å². The molecule has 0 N–H and O–H groups in total. The van der Waals surface area contributed by atoms with E-state index in [0.29, 0.717) is 11.8 Å². The van der Waals surface area contributed by atoms with E-state index < -0.39 is 0 Å². The van der Waals surface area contributed by atoms with Crippen molar-refractivity contribution >= 4 is 27.5 Å². The zero-order valence-corrected chi connectivity index (χ0v) is 14.7. The number of benzene rings is 2. The molecule has 0 radical (unpaired) electrons. The number of rotatable bonds is 6. The molecule has 0 fully saturated rings. The van der Waals surface area contributed by atoms with E-state index in [1.54, 1.807) is 7.11 Å². The molecular weight excluding hydrogens is 348 g/mol. The number of halogens is 2. The van der Waals surface area contributed by atoms with Crippen molar-refractivity contribution in [3.63, 3.8) is 0 Å². The van der Waals surface area contributed by atoms with Crippen molar-refractivity contribution in [2.75, 3.05) is 13.0 Å². The molecule has 0 aliphatic carbocycles. The maximum absolute atomic E-state index is 6.20. The zero-order valence-electron chi connectivity index (χ0n) is 12.4. The first-order chi connectivity index (χ1) is 10.1. The Kier molecular flexibility index (Phi) is 6.13. The summed E-state index contributed by atoms with van der Waals surface area (Å²) in [4.78, 5) is 0. The second kappa shape index (κ2) is 7.86. The highest BCUT2D eigenvalue weighted by Gasteiger charge is 2.14. The number of methoxy groups -OCH3 is 1. The predicted molar refractivity (Wildman–Crippen MR) is 93.5 cm³/mol. The maximum atomic E-state index is 6.20. The molecule has 2 rings (SSSR count). The first-order valence-electron chi connectivity index (χ1n) is 7.07. The summed E-state index contributed by atoms with van der Waals surface area (Å²) >= 11 is 9.73. The molecule has 2 aromatic carbocycles. The van der Waals surface area contributed by atoms with Crippen LogP contribution >= 0.6 is 27.5 Å². The monoisotopic (exact) mass is 366 g/mol. The van der Waals surface area contributed by atoms with Crippen LogP contribution in [0.1, 0.15) is 16.7 Å². The summed E-state index contributed by atoms with van der Waals surface area (Å²) in [7, 11) is 1.71. The van der Waals surface area contributed by atoms with Crippen molar-refractivity contribution in [1.82, 2.24) is 0 Å². The Balaban J connectivity index is 2.16. The molecule has 0 aliphatic rings. The van der Waals surface area contributed by atoms with E-state index in [0.717, 1.165) is 23.1 Å². The Morgan fingerprint density at radius 1 is 1.10 bits per heavy atom. The standard InChI is InChI=1S/C18H20BrClO/c1-13-5-3-4-6-15(13)9-14(12-20)10-16-11-17(19)7-8-18(16)21-2/h3-8,11,14H,9-10,12H2,1-2H3. The summed E-state index contributed by atoms with van der Waals surface area (Å²) in [5.41, 5.74) is 3.90. The predicted octanol–water partition coefficient (Wildman–Crippen LogP) is 5.41. The molecule has 1 atom stereocenters. The van der Waals surface area contributed by atoms with Gasteiger partial charge in [-0.15, -0.1) is 11.6 Å². The number of alkyl halides is 1. The molecule has 0 saturated heterocycles. The van der Waals surface area contributed by atoms with Gasteiger partial charge in [0.2, 0.25) is 0 Å². The van der Waals surface area contributed by atoms with Gasteiger partial charge in [-0.2, -0.15) is 0 Å². The highest BCUT2D eigenvalue weighted by molar-refractivity contribution is 9.10. The summed E-state index contributed by atoms with van der Waals surface area (Å²) in [6.07, 6.45) is 1.91. The molecule has 112 valence electrons. The zero-order chi connectivity index (χ0) is 15.2. The largest absolute Gasteiger partial charge is 0.496 e. The van der Waals surface area contributed by atoms with Crippen molar-refractivity contribution in [2.45, 2.75) is 19.8 Å². The third-order valence-corrected chi connectivity index (χ3v) is 4.67. The van der Waals surface area contributed by atoms with Crippen LogP contribution in [0.4, 0.5) is 0 Å². The number of ether oxygens (including phenoxy) is 1. The smallest absolute Gasteiger partial charge is 0.122 e. The van der Waals surface area contributed by atoms with Crippen LogP contribution in [0, 0.1) is 12.8 Å². The summed E-state index contributed by atoms with van der Waals surface area (Å²) in [5.74, 6) is 1.97. The maximum Gasteiger partial charge on any atom is 0.122 e. The molecule has 0 saturated carbocycles. The van der Waals surface area contributed by atoms with Gasteiger partial charge in [-0.25, -0.2) is 0 Å². The van der Waals surface area contributed by atoms with Gasteiger partial charge in [0.15, 0.2) is 0 Å². The second-order valence-corrected chi connectivity index (χ2v) is 6.54. The van der Waals surface area contributed by atoms with Gasteiger partial charge in [-0.3, -0.25) is 0 Å². The normalized spacial score (nSPS) is 12.2. The molecule has 2 aromatic rings. The summed E-state index contributed by atoms with van der Waals surface area (Å²) in [5, 5.41) is 0. The van der Waals surface area contributed by atoms with Gasteiger partial charge in [0, 0.05) is 10.4 Å². The molecule has 0 heterocycles. The van der Waals surface area contributed by atoms with Crippen LogP contribution in [0.5, 0.6) is 5.75 Å². The Morgan fingerprint density at radius 3 is 2.48 bits per heavy atom. The molecule has 1 unspecified atom stereocenters. The molecule has 21 heavy (non-hydrogen) atoms. The van der Waals surface area contributed by atoms with E-state index in [1.807, 2.05) is 12.1 Å². The lowest BCUT2D eigenvalue weighted by molar-refractivity contribution is 0.405. The van der Waals surface area contributed by atoms with Crippen molar-refractivity contribution in [3.05, 3.63) is 63.6 Å². The lowest BCUT2D eigenvalue weighted by Gasteiger charge is -2.17. The number of hydrogen-bond acceptors (Lipinski definition) is 1. The van der Waals surface area contributed by atoms with Crippen LogP contribution in [0.15, 0.2) is 46.9 Å². The minimum Gasteiger partial charge on any atom is -0.496 e. The fourth-order valence-corrected chi connectivity index (χ4v) is 3.18. The summed E-state index contributed by atoms with van der Waals surface area (Å²) < 4.78 is 6.53. The van der Waals surface area contributed by atoms with E-state index in [2.05, 4.69) is 53.2 Å². The Bertz CT molecular complexity index is 598. The number of hydrogen-bond donors (Lipinski definition) is 0. The Labute approximate surface area is 140 Å². The second-order valence-electron chi connectivity index (χ2n) is 5.31. The van der Waals surface area contributed by atoms with Crippen LogP contribution in [0.25, 0.3) is 0 Å². The summed E-state index contributed by atoms with van der Waals surface area (Å²) in [6, 6.07) is 14.6. The van der Waals surface area contributed by atoms with Crippen LogP contribution < -0.4 is 4.74 Å². The van der Waals surface area contributed by atoms with E-state index in [4.69, 9.17) is 16.3 Å². The van der Waals surface area contributed by atoms with Gasteiger partial charge in [0.1, 0.15) is 5.75 Å². The lowest BCUT2D eigenvalue weighted by atomic mass is 9.92. The van der Waals surface area contributed by atoms with Crippen LogP contribution in [0.3, 0.4) is 0 Å². The first-order valence-corrected chi connectivity index (χ1v) is 8.39. The van der Waals surface area contributed by atoms with Crippen molar-refractivity contribution in [2.24, 2.45) is 5.92 Å². The van der Waals surface area contributed by atoms with E-state index in [-0.39, 0.29) is 0 Å². The van der Waals surface area contributed by atoms with Gasteiger partial charge in [0.25, 0.3) is 0 Å². The quantitative estimate of drug-likeness (QED) is 0.621. The molecule has 3 heteroatoms. The minimum absolute atomic E-state index is 0.399. The average molecular weight is 368 g/mol. The number of aryl methyl sites for hydroxylation is 1. The first kappa shape index (κ1) is 16.4. The third-order valence-electron chi connectivity index (χ3n) is 3.74. The fourth-order valence-electron chi connectivity index (χ4n) is 2.55. The van der Waals surface area contributed by atoms with Gasteiger partial charge in [-0.05, 0) is 60.6 Å². The van der Waals surface area contributed by atoms with Crippen LogP contribution in [-0.4, -0.2) is 13.0 Å². The summed E-state index contributed by atoms with van der Waals surface area (Å²) in [6.45, 7) is 2.15. The topological polar surface area (TPSA) is 9.23 Å². The van der Waals surface area contributed by atoms with Gasteiger partial charge >= 0.3 is 0 Å². The van der Waals surface area contributed by atoms with Crippen LogP contribution in [0.2, 0.25) is 0 Å². The molecule has 1 nitrogen and oxygen atoms in total. The SMILES string of the molecule is COc1ccc(Br)cc1CC(CCl)Cc1ccccc1C. The van der Waals surface area contributed by atoms with Gasteiger partial charge in [0.05, 0.1) is 7.11 Å². The lowest BCUT2D eigenvalue weighted by Crippen LogP contribution is -2.11. The Hall–Kier alpha value is -0.990. The molecular formula is C18H20BrClO. The third kappa shape index (κ3) is 4.49. The van der Waals surface area contributed by atoms with Gasteiger partial charge < -0.3 is 4.74 Å². The fraction of sp³-hybridized carbons (Fsp3) is 0.333. The molecule has 0 aliphatic heterocycles. The van der Waals surface area contributed by atoms with Crippen LogP contribution in [-0.2, 0) is 12.8 Å². The average Bonchev–Trinajstić information content (AvgIpc) is 2.49. The molecule has 0 amide bonds. The van der Waals surface area contributed by atoms with Crippen molar-refractivity contribution in [3.8, 4) is 5.75 Å². The Morgan fingerprint density at radius 2 is 1.81 bits per heavy atom. The highest BCUT2D eigenvalue weighted by atomic mass is 79.9. The van der Waals surface area contributed by atoms with E-state index in [1.165, 1.54) is 16.7 Å². The molecule has 0 aromatic heterocycles. The van der Waals surface area contributed by atoms with E-state index >= 15 is 0 Å². The molecule has 0 spiro atoms. The van der Waals surface area contributed by atoms with Crippen molar-refractivity contribution < 1.29 is 4.74 Å². The minimum atomic E-state index is 0.399. The highest BCUT2D eigenvalue weighted by Crippen LogP contribution is 2.27.